The van der Waals surface area contributed by atoms with Crippen molar-refractivity contribution in [1.82, 2.24) is 14.9 Å². The summed E-state index contributed by atoms with van der Waals surface area (Å²) in [7, 11) is 0. The van der Waals surface area contributed by atoms with Gasteiger partial charge in [0.2, 0.25) is 0 Å². The summed E-state index contributed by atoms with van der Waals surface area (Å²) in [6.45, 7) is 0. The Morgan fingerprint density at radius 1 is 1.37 bits per heavy atom. The summed E-state index contributed by atoms with van der Waals surface area (Å²) in [5.74, 6) is -2.08. The Morgan fingerprint density at radius 2 is 2.16 bits per heavy atom. The molecule has 0 atom stereocenters. The number of anilines is 1. The lowest BCUT2D eigenvalue weighted by Crippen LogP contribution is -2.34. The molecule has 5 nitrogen and oxygen atoms in total. The maximum absolute atomic E-state index is 13.3. The van der Waals surface area contributed by atoms with Crippen molar-refractivity contribution in [2.75, 3.05) is 5.32 Å². The van der Waals surface area contributed by atoms with E-state index in [0.717, 1.165) is 17.6 Å². The SMILES string of the molecule is O=C(NC(=S)Nc1ccc(F)cc1F)c1csnn1. The molecule has 0 saturated heterocycles. The molecule has 0 unspecified atom stereocenters. The Kier molecular flexibility index (Phi) is 4.07. The summed E-state index contributed by atoms with van der Waals surface area (Å²) >= 11 is 5.85. The van der Waals surface area contributed by atoms with Crippen molar-refractivity contribution in [3.63, 3.8) is 0 Å². The van der Waals surface area contributed by atoms with E-state index in [0.29, 0.717) is 6.07 Å². The number of aromatic nitrogens is 2. The maximum atomic E-state index is 13.3. The highest BCUT2D eigenvalue weighted by Gasteiger charge is 2.12. The van der Waals surface area contributed by atoms with Crippen molar-refractivity contribution in [1.29, 1.82) is 0 Å². The maximum Gasteiger partial charge on any atom is 0.278 e. The Morgan fingerprint density at radius 3 is 2.79 bits per heavy atom. The highest BCUT2D eigenvalue weighted by Crippen LogP contribution is 2.14. The van der Waals surface area contributed by atoms with E-state index < -0.39 is 17.5 Å². The summed E-state index contributed by atoms with van der Waals surface area (Å²) < 4.78 is 29.5. The van der Waals surface area contributed by atoms with Crippen LogP contribution >= 0.6 is 23.8 Å². The number of amides is 1. The Bertz CT molecular complexity index is 618. The number of carbonyl (C=O) groups is 1. The molecule has 2 aromatic rings. The fraction of sp³-hybridized carbons (Fsp3) is 0. The normalized spacial score (nSPS) is 10.0. The number of hydrogen-bond acceptors (Lipinski definition) is 5. The molecule has 0 bridgehead atoms. The first kappa shape index (κ1) is 13.4. The lowest BCUT2D eigenvalue weighted by atomic mass is 10.3. The molecule has 2 rings (SSSR count). The van der Waals surface area contributed by atoms with Gasteiger partial charge in [0, 0.05) is 11.4 Å². The molecule has 0 fully saturated rings. The van der Waals surface area contributed by atoms with E-state index in [2.05, 4.69) is 20.2 Å². The van der Waals surface area contributed by atoms with Crippen LogP contribution < -0.4 is 10.6 Å². The third kappa shape index (κ3) is 3.48. The van der Waals surface area contributed by atoms with Crippen LogP contribution in [0, 0.1) is 11.6 Å². The van der Waals surface area contributed by atoms with Gasteiger partial charge in [-0.15, -0.1) is 5.10 Å². The molecule has 0 aliphatic carbocycles. The molecule has 1 amide bonds. The highest BCUT2D eigenvalue weighted by molar-refractivity contribution is 7.80. The van der Waals surface area contributed by atoms with Gasteiger partial charge < -0.3 is 5.32 Å². The molecular weight excluding hydrogens is 294 g/mol. The Labute approximate surface area is 115 Å². The van der Waals surface area contributed by atoms with Crippen LogP contribution in [0.5, 0.6) is 0 Å². The van der Waals surface area contributed by atoms with Gasteiger partial charge in [-0.2, -0.15) is 0 Å². The summed E-state index contributed by atoms with van der Waals surface area (Å²) in [5.41, 5.74) is 0.0665. The molecule has 1 aromatic carbocycles. The van der Waals surface area contributed by atoms with Gasteiger partial charge in [0.05, 0.1) is 5.69 Å². The summed E-state index contributed by atoms with van der Waals surface area (Å²) in [6.07, 6.45) is 0. The molecule has 0 saturated carbocycles. The lowest BCUT2D eigenvalue weighted by molar-refractivity contribution is 0.0973. The van der Waals surface area contributed by atoms with Crippen molar-refractivity contribution in [3.05, 3.63) is 40.9 Å². The van der Waals surface area contributed by atoms with Crippen LogP contribution in [0.25, 0.3) is 0 Å². The molecule has 0 radical (unpaired) electrons. The molecule has 1 heterocycles. The predicted octanol–water partition coefficient (Wildman–Crippen LogP) is 1.94. The minimum Gasteiger partial charge on any atom is -0.330 e. The van der Waals surface area contributed by atoms with Gasteiger partial charge >= 0.3 is 0 Å². The quantitative estimate of drug-likeness (QED) is 0.830. The number of benzene rings is 1. The first-order chi connectivity index (χ1) is 9.06. The van der Waals surface area contributed by atoms with Crippen LogP contribution in [0.15, 0.2) is 23.6 Å². The van der Waals surface area contributed by atoms with E-state index in [4.69, 9.17) is 12.2 Å². The minimum absolute atomic E-state index is 0.0388. The zero-order valence-electron chi connectivity index (χ0n) is 9.18. The van der Waals surface area contributed by atoms with Gasteiger partial charge in [0.25, 0.3) is 5.91 Å². The average molecular weight is 300 g/mol. The van der Waals surface area contributed by atoms with E-state index in [9.17, 15) is 13.6 Å². The number of halogens is 2. The average Bonchev–Trinajstić information content (AvgIpc) is 2.86. The third-order valence-corrected chi connectivity index (χ3v) is 2.71. The van der Waals surface area contributed by atoms with Gasteiger partial charge in [-0.05, 0) is 35.9 Å². The Balaban J connectivity index is 2.00. The molecule has 98 valence electrons. The van der Waals surface area contributed by atoms with Crippen molar-refractivity contribution in [2.24, 2.45) is 0 Å². The van der Waals surface area contributed by atoms with E-state index >= 15 is 0 Å². The number of hydrogen-bond donors (Lipinski definition) is 2. The number of carbonyl (C=O) groups excluding carboxylic acids is 1. The number of thiocarbonyl (C=S) groups is 1. The minimum atomic E-state index is -0.813. The number of nitrogens with zero attached hydrogens (tertiary/aromatic N) is 2. The van der Waals surface area contributed by atoms with E-state index in [1.165, 1.54) is 11.4 Å². The zero-order chi connectivity index (χ0) is 13.8. The van der Waals surface area contributed by atoms with E-state index in [-0.39, 0.29) is 16.5 Å². The first-order valence-electron chi connectivity index (χ1n) is 4.90. The smallest absolute Gasteiger partial charge is 0.278 e. The van der Waals surface area contributed by atoms with Crippen molar-refractivity contribution in [3.8, 4) is 0 Å². The predicted molar refractivity (Wildman–Crippen MR) is 70.0 cm³/mol. The fourth-order valence-corrected chi connectivity index (χ4v) is 1.81. The molecular formula is C10H6F2N4OS2. The van der Waals surface area contributed by atoms with Crippen molar-refractivity contribution < 1.29 is 13.6 Å². The standard InChI is InChI=1S/C10H6F2N4OS2/c11-5-1-2-7(6(12)3-5)13-10(18)14-9(17)8-4-19-16-15-8/h1-4H,(H2,13,14,17,18). The third-order valence-electron chi connectivity index (χ3n) is 2.00. The monoisotopic (exact) mass is 300 g/mol. The lowest BCUT2D eigenvalue weighted by Gasteiger charge is -2.09. The van der Waals surface area contributed by atoms with Crippen molar-refractivity contribution in [2.45, 2.75) is 0 Å². The largest absolute Gasteiger partial charge is 0.330 e. The Hall–Kier alpha value is -2.00. The summed E-state index contributed by atoms with van der Waals surface area (Å²) in [5, 5.41) is 9.61. The van der Waals surface area contributed by atoms with E-state index in [1.54, 1.807) is 0 Å². The zero-order valence-corrected chi connectivity index (χ0v) is 10.8. The second-order valence-corrected chi connectivity index (χ2v) is 4.34. The molecule has 0 aliphatic heterocycles. The number of rotatable bonds is 2. The molecule has 2 N–H and O–H groups in total. The second kappa shape index (κ2) is 5.76. The molecule has 0 spiro atoms. The van der Waals surface area contributed by atoms with Crippen LogP contribution in [0.2, 0.25) is 0 Å². The van der Waals surface area contributed by atoms with Crippen LogP contribution in [0.4, 0.5) is 14.5 Å². The topological polar surface area (TPSA) is 66.9 Å². The molecule has 9 heteroatoms. The summed E-state index contributed by atoms with van der Waals surface area (Å²) in [4.78, 5) is 11.6. The molecule has 19 heavy (non-hydrogen) atoms. The van der Waals surface area contributed by atoms with Crippen LogP contribution in [0.1, 0.15) is 10.5 Å². The van der Waals surface area contributed by atoms with Crippen molar-refractivity contribution >= 4 is 40.5 Å². The van der Waals surface area contributed by atoms with Gasteiger partial charge in [-0.3, -0.25) is 10.1 Å². The second-order valence-electron chi connectivity index (χ2n) is 3.32. The fourth-order valence-electron chi connectivity index (χ4n) is 1.18. The number of nitrogens with one attached hydrogen (secondary N) is 2. The summed E-state index contributed by atoms with van der Waals surface area (Å²) in [6, 6.07) is 2.95. The first-order valence-corrected chi connectivity index (χ1v) is 6.15. The molecule has 1 aromatic heterocycles. The van der Waals surface area contributed by atoms with Crippen LogP contribution in [0.3, 0.4) is 0 Å². The van der Waals surface area contributed by atoms with Crippen LogP contribution in [-0.4, -0.2) is 20.6 Å². The molecule has 0 aliphatic rings. The van der Waals surface area contributed by atoms with Gasteiger partial charge in [0.15, 0.2) is 10.8 Å². The highest BCUT2D eigenvalue weighted by atomic mass is 32.1. The van der Waals surface area contributed by atoms with Gasteiger partial charge in [0.1, 0.15) is 11.6 Å². The van der Waals surface area contributed by atoms with Crippen LogP contribution in [-0.2, 0) is 0 Å². The van der Waals surface area contributed by atoms with E-state index in [1.807, 2.05) is 0 Å². The van der Waals surface area contributed by atoms with Gasteiger partial charge in [-0.25, -0.2) is 8.78 Å². The van der Waals surface area contributed by atoms with Gasteiger partial charge in [-0.1, -0.05) is 4.49 Å².